The lowest BCUT2D eigenvalue weighted by Crippen LogP contribution is -1.97. The Hall–Kier alpha value is -1.26. The summed E-state index contributed by atoms with van der Waals surface area (Å²) in [7, 11) is 0. The van der Waals surface area contributed by atoms with Crippen molar-refractivity contribution < 1.29 is 9.47 Å². The van der Waals surface area contributed by atoms with Gasteiger partial charge in [0.05, 0.1) is 18.9 Å². The second-order valence-corrected chi connectivity index (χ2v) is 5.14. The fourth-order valence-electron chi connectivity index (χ4n) is 1.71. The minimum atomic E-state index is 0.548. The first kappa shape index (κ1) is 10.9. The van der Waals surface area contributed by atoms with Gasteiger partial charge in [-0.15, -0.1) is 11.3 Å². The number of hydrogen-bond donors (Lipinski definition) is 0. The van der Waals surface area contributed by atoms with Gasteiger partial charge in [-0.25, -0.2) is 4.98 Å². The third-order valence-corrected chi connectivity index (χ3v) is 3.50. The van der Waals surface area contributed by atoms with Crippen LogP contribution < -0.4 is 9.47 Å². The normalized spacial score (nSPS) is 14.4. The Bertz CT molecular complexity index is 541. The first-order valence-corrected chi connectivity index (χ1v) is 6.60. The fourth-order valence-corrected chi connectivity index (χ4v) is 2.48. The molecule has 0 unspecified atom stereocenters. The maximum atomic E-state index is 5.83. The molecule has 1 aliphatic heterocycles. The van der Waals surface area contributed by atoms with Gasteiger partial charge in [-0.3, -0.25) is 0 Å². The van der Waals surface area contributed by atoms with Crippen LogP contribution in [0, 0.1) is 0 Å². The van der Waals surface area contributed by atoms with Crippen LogP contribution in [-0.4, -0.2) is 18.2 Å². The summed E-state index contributed by atoms with van der Waals surface area (Å²) in [5, 5.41) is 1.93. The Kier molecular flexibility index (Phi) is 2.91. The lowest BCUT2D eigenvalue weighted by Gasteiger charge is -2.07. The molecule has 2 aromatic rings. The van der Waals surface area contributed by atoms with Gasteiger partial charge in [0, 0.05) is 17.4 Å². The molecule has 3 nitrogen and oxygen atoms in total. The van der Waals surface area contributed by atoms with Crippen LogP contribution in [0.2, 0.25) is 4.47 Å². The zero-order valence-electron chi connectivity index (χ0n) is 8.98. The third kappa shape index (κ3) is 2.23. The Morgan fingerprint density at radius 1 is 1.18 bits per heavy atom. The van der Waals surface area contributed by atoms with Gasteiger partial charge < -0.3 is 9.47 Å². The molecule has 0 amide bonds. The molecule has 5 heteroatoms. The van der Waals surface area contributed by atoms with Crippen molar-refractivity contribution in [1.29, 1.82) is 0 Å². The Morgan fingerprint density at radius 3 is 2.76 bits per heavy atom. The van der Waals surface area contributed by atoms with E-state index in [9.17, 15) is 0 Å². The van der Waals surface area contributed by atoms with E-state index in [1.165, 1.54) is 11.3 Å². The van der Waals surface area contributed by atoms with E-state index in [2.05, 4.69) is 4.98 Å². The summed E-state index contributed by atoms with van der Waals surface area (Å²) < 4.78 is 11.8. The number of halogens is 1. The molecular formula is C12H10ClNO2S. The fraction of sp³-hybridized carbons (Fsp3) is 0.250. The number of hydrogen-bond acceptors (Lipinski definition) is 4. The number of nitrogens with zero attached hydrogens (tertiary/aromatic N) is 1. The summed E-state index contributed by atoms with van der Waals surface area (Å²) in [6, 6.07) is 5.84. The maximum absolute atomic E-state index is 5.83. The van der Waals surface area contributed by atoms with Crippen LogP contribution in [0.4, 0.5) is 0 Å². The molecule has 88 valence electrons. The molecule has 0 N–H and O–H groups in total. The number of ether oxygens (including phenoxy) is 2. The van der Waals surface area contributed by atoms with Crippen molar-refractivity contribution >= 4 is 22.9 Å². The van der Waals surface area contributed by atoms with Crippen molar-refractivity contribution in [3.05, 3.63) is 28.0 Å². The molecule has 0 saturated carbocycles. The van der Waals surface area contributed by atoms with Gasteiger partial charge in [0.1, 0.15) is 0 Å². The van der Waals surface area contributed by atoms with Crippen molar-refractivity contribution in [3.63, 3.8) is 0 Å². The monoisotopic (exact) mass is 267 g/mol. The largest absolute Gasteiger partial charge is 0.490 e. The molecule has 0 saturated heterocycles. The summed E-state index contributed by atoms with van der Waals surface area (Å²) in [6.07, 6.45) is 0.909. The van der Waals surface area contributed by atoms with E-state index in [-0.39, 0.29) is 0 Å². The van der Waals surface area contributed by atoms with Crippen LogP contribution in [0.3, 0.4) is 0 Å². The van der Waals surface area contributed by atoms with E-state index < -0.39 is 0 Å². The van der Waals surface area contributed by atoms with Gasteiger partial charge in [-0.05, 0) is 18.2 Å². The molecule has 1 aromatic carbocycles. The molecule has 1 aromatic heterocycles. The number of thiazole rings is 1. The van der Waals surface area contributed by atoms with Crippen molar-refractivity contribution in [2.75, 3.05) is 13.2 Å². The predicted octanol–water partition coefficient (Wildman–Crippen LogP) is 3.62. The summed E-state index contributed by atoms with van der Waals surface area (Å²) in [5.41, 5.74) is 1.87. The molecule has 0 radical (unpaired) electrons. The second-order valence-electron chi connectivity index (χ2n) is 3.70. The van der Waals surface area contributed by atoms with Crippen molar-refractivity contribution in [1.82, 2.24) is 4.98 Å². The zero-order valence-corrected chi connectivity index (χ0v) is 10.6. The highest BCUT2D eigenvalue weighted by Gasteiger charge is 2.12. The van der Waals surface area contributed by atoms with Gasteiger partial charge >= 0.3 is 0 Å². The van der Waals surface area contributed by atoms with E-state index in [1.807, 2.05) is 23.6 Å². The van der Waals surface area contributed by atoms with Crippen molar-refractivity contribution in [2.24, 2.45) is 0 Å². The number of benzene rings is 1. The van der Waals surface area contributed by atoms with Crippen LogP contribution in [0.25, 0.3) is 11.3 Å². The predicted molar refractivity (Wildman–Crippen MR) is 68.2 cm³/mol. The van der Waals surface area contributed by atoms with Crippen LogP contribution in [-0.2, 0) is 0 Å². The van der Waals surface area contributed by atoms with E-state index in [0.29, 0.717) is 17.7 Å². The quantitative estimate of drug-likeness (QED) is 0.791. The first-order chi connectivity index (χ1) is 8.33. The van der Waals surface area contributed by atoms with E-state index >= 15 is 0 Å². The molecule has 0 fully saturated rings. The SMILES string of the molecule is Clc1nc(-c2ccc3c(c2)OCCCO3)cs1. The van der Waals surface area contributed by atoms with E-state index in [4.69, 9.17) is 21.1 Å². The van der Waals surface area contributed by atoms with Crippen LogP contribution in [0.1, 0.15) is 6.42 Å². The lowest BCUT2D eigenvalue weighted by molar-refractivity contribution is 0.297. The molecule has 0 atom stereocenters. The van der Waals surface area contributed by atoms with Crippen LogP contribution in [0.15, 0.2) is 23.6 Å². The molecule has 0 spiro atoms. The minimum Gasteiger partial charge on any atom is -0.490 e. The third-order valence-electron chi connectivity index (χ3n) is 2.52. The Labute approximate surface area is 108 Å². The summed E-state index contributed by atoms with van der Waals surface area (Å²) in [6.45, 7) is 1.39. The topological polar surface area (TPSA) is 31.4 Å². The average molecular weight is 268 g/mol. The van der Waals surface area contributed by atoms with Crippen molar-refractivity contribution in [3.8, 4) is 22.8 Å². The number of rotatable bonds is 1. The van der Waals surface area contributed by atoms with Gasteiger partial charge in [0.2, 0.25) is 0 Å². The van der Waals surface area contributed by atoms with Gasteiger partial charge in [0.25, 0.3) is 0 Å². The summed E-state index contributed by atoms with van der Waals surface area (Å²) >= 11 is 7.25. The Morgan fingerprint density at radius 2 is 2.00 bits per heavy atom. The lowest BCUT2D eigenvalue weighted by atomic mass is 10.1. The van der Waals surface area contributed by atoms with E-state index in [0.717, 1.165) is 29.2 Å². The second kappa shape index (κ2) is 4.55. The molecule has 3 rings (SSSR count). The number of aromatic nitrogens is 1. The molecule has 17 heavy (non-hydrogen) atoms. The highest BCUT2D eigenvalue weighted by molar-refractivity contribution is 7.14. The van der Waals surface area contributed by atoms with Gasteiger partial charge in [0.15, 0.2) is 16.0 Å². The number of fused-ring (bicyclic) bond motifs is 1. The highest BCUT2D eigenvalue weighted by Crippen LogP contribution is 2.34. The summed E-state index contributed by atoms with van der Waals surface area (Å²) in [4.78, 5) is 4.24. The minimum absolute atomic E-state index is 0.548. The van der Waals surface area contributed by atoms with Gasteiger partial charge in [-0.2, -0.15) is 0 Å². The highest BCUT2D eigenvalue weighted by atomic mass is 35.5. The molecule has 1 aliphatic rings. The maximum Gasteiger partial charge on any atom is 0.184 e. The summed E-state index contributed by atoms with van der Waals surface area (Å²) in [5.74, 6) is 1.58. The standard InChI is InChI=1S/C12H10ClNO2S/c13-12-14-9(7-17-12)8-2-3-10-11(6-8)16-5-1-4-15-10/h2-3,6-7H,1,4-5H2. The van der Waals surface area contributed by atoms with Crippen molar-refractivity contribution in [2.45, 2.75) is 6.42 Å². The van der Waals surface area contributed by atoms with E-state index in [1.54, 1.807) is 0 Å². The molecule has 2 heterocycles. The smallest absolute Gasteiger partial charge is 0.184 e. The average Bonchev–Trinajstić information content (AvgIpc) is 2.64. The van der Waals surface area contributed by atoms with Gasteiger partial charge in [-0.1, -0.05) is 11.6 Å². The molecule has 0 bridgehead atoms. The molecule has 0 aliphatic carbocycles. The molecular weight excluding hydrogens is 258 g/mol. The first-order valence-electron chi connectivity index (χ1n) is 5.34. The zero-order chi connectivity index (χ0) is 11.7. The Balaban J connectivity index is 2.00. The van der Waals surface area contributed by atoms with Crippen LogP contribution in [0.5, 0.6) is 11.5 Å². The van der Waals surface area contributed by atoms with Crippen LogP contribution >= 0.6 is 22.9 Å².